The van der Waals surface area contributed by atoms with Crippen molar-refractivity contribution in [3.63, 3.8) is 0 Å². The second kappa shape index (κ2) is 12.9. The normalized spacial score (nSPS) is 20.0. The van der Waals surface area contributed by atoms with Crippen LogP contribution in [0.1, 0.15) is 61.2 Å². The maximum atomic E-state index is 14.9. The van der Waals surface area contributed by atoms with Gasteiger partial charge in [-0.3, -0.25) is 24.3 Å². The molecule has 0 aliphatic carbocycles. The molecule has 9 nitrogen and oxygen atoms in total. The summed E-state index contributed by atoms with van der Waals surface area (Å²) < 4.78 is 20.1. The van der Waals surface area contributed by atoms with E-state index in [9.17, 15) is 18.8 Å². The number of piperidine rings is 2. The Morgan fingerprint density at radius 2 is 1.78 bits per heavy atom. The minimum atomic E-state index is -1.19. The van der Waals surface area contributed by atoms with Gasteiger partial charge in [-0.1, -0.05) is 0 Å². The average molecular weight is 580 g/mol. The average Bonchev–Trinajstić information content (AvgIpc) is 3.42. The molecular formula is C30H34FN5O4S. The van der Waals surface area contributed by atoms with Crippen LogP contribution in [-0.2, 0) is 6.54 Å². The zero-order chi connectivity index (χ0) is 28.9. The Balaban J connectivity index is 1.09. The van der Waals surface area contributed by atoms with Crippen LogP contribution >= 0.6 is 11.3 Å². The molecular weight excluding hydrogens is 545 g/mol. The number of thiazole rings is 1. The number of amides is 2. The molecule has 2 fully saturated rings. The number of ketones is 1. The van der Waals surface area contributed by atoms with Gasteiger partial charge in [0.25, 0.3) is 11.8 Å². The maximum absolute atomic E-state index is 14.9. The molecule has 41 heavy (non-hydrogen) atoms. The van der Waals surface area contributed by atoms with E-state index < -0.39 is 18.1 Å². The van der Waals surface area contributed by atoms with Gasteiger partial charge in [0.15, 0.2) is 5.78 Å². The highest BCUT2D eigenvalue weighted by Crippen LogP contribution is 2.24. The molecule has 2 saturated heterocycles. The van der Waals surface area contributed by atoms with Crippen LogP contribution in [0.25, 0.3) is 0 Å². The van der Waals surface area contributed by atoms with Crippen molar-refractivity contribution in [2.24, 2.45) is 5.92 Å². The number of likely N-dealkylation sites (tertiary alicyclic amines) is 2. The molecule has 2 atom stereocenters. The molecule has 0 bridgehead atoms. The second-order valence-corrected chi connectivity index (χ2v) is 11.6. The summed E-state index contributed by atoms with van der Waals surface area (Å²) in [5.41, 5.74) is 2.09. The van der Waals surface area contributed by atoms with Gasteiger partial charge in [0, 0.05) is 55.8 Å². The number of ether oxygens (including phenoxy) is 1. The number of hydrogen-bond donors (Lipinski definition) is 1. The van der Waals surface area contributed by atoms with Crippen LogP contribution in [0, 0.1) is 12.8 Å². The SMILES string of the molecule is COc1ccc(C(=O)C2CCN(C(=O)c3ccc(C(=O)NC4CCN(Cc5csc(C)n5)C[C@@H]4F)cn3)CC2)cc1. The monoisotopic (exact) mass is 579 g/mol. The van der Waals surface area contributed by atoms with E-state index in [0.717, 1.165) is 10.7 Å². The number of carbonyl (C=O) groups is 3. The van der Waals surface area contributed by atoms with Gasteiger partial charge >= 0.3 is 0 Å². The molecule has 2 aliphatic heterocycles. The highest BCUT2D eigenvalue weighted by Gasteiger charge is 2.32. The lowest BCUT2D eigenvalue weighted by atomic mass is 9.88. The first kappa shape index (κ1) is 28.8. The van der Waals surface area contributed by atoms with Gasteiger partial charge in [-0.05, 0) is 62.6 Å². The highest BCUT2D eigenvalue weighted by molar-refractivity contribution is 7.09. The third kappa shape index (κ3) is 6.97. The first-order valence-electron chi connectivity index (χ1n) is 13.8. The molecule has 5 rings (SSSR count). The lowest BCUT2D eigenvalue weighted by Crippen LogP contribution is -2.52. The summed E-state index contributed by atoms with van der Waals surface area (Å²) in [5.74, 6) is -0.0223. The standard InChI is InChI=1S/C30H34FN5O4S/c1-19-33-23(18-41-19)16-35-12-11-26(25(31)17-35)34-29(38)22-5-8-27(32-15-22)30(39)36-13-9-21(10-14-36)28(37)20-3-6-24(40-2)7-4-20/h3-8,15,18,21,25-26H,9-14,16-17H2,1-2H3,(H,34,38)/t25-,26?/m0/s1. The number of nitrogens with zero attached hydrogens (tertiary/aromatic N) is 4. The molecule has 2 aromatic heterocycles. The Morgan fingerprint density at radius 3 is 2.39 bits per heavy atom. The second-order valence-electron chi connectivity index (χ2n) is 10.6. The minimum Gasteiger partial charge on any atom is -0.497 e. The summed E-state index contributed by atoms with van der Waals surface area (Å²) in [6, 6.07) is 9.56. The van der Waals surface area contributed by atoms with Crippen LogP contribution in [0.2, 0.25) is 0 Å². The van der Waals surface area contributed by atoms with Crippen molar-refractivity contribution in [2.75, 3.05) is 33.3 Å². The lowest BCUT2D eigenvalue weighted by Gasteiger charge is -2.34. The number of halogens is 1. The molecule has 2 aliphatic rings. The Hall–Kier alpha value is -3.70. The van der Waals surface area contributed by atoms with Gasteiger partial charge in [0.05, 0.1) is 29.4 Å². The fraction of sp³-hybridized carbons (Fsp3) is 0.433. The van der Waals surface area contributed by atoms with Crippen LogP contribution in [0.15, 0.2) is 48.0 Å². The molecule has 0 saturated carbocycles. The van der Waals surface area contributed by atoms with E-state index in [0.29, 0.717) is 56.8 Å². The number of carbonyl (C=O) groups excluding carboxylic acids is 3. The van der Waals surface area contributed by atoms with Gasteiger partial charge < -0.3 is 15.0 Å². The number of benzene rings is 1. The van der Waals surface area contributed by atoms with E-state index in [1.165, 1.54) is 12.3 Å². The molecule has 0 spiro atoms. The van der Waals surface area contributed by atoms with Crippen LogP contribution in [0.5, 0.6) is 5.75 Å². The summed E-state index contributed by atoms with van der Waals surface area (Å²) in [6.45, 7) is 4.34. The Labute approximate surface area is 242 Å². The number of nitrogens with one attached hydrogen (secondary N) is 1. The molecule has 11 heteroatoms. The quantitative estimate of drug-likeness (QED) is 0.403. The van der Waals surface area contributed by atoms with E-state index in [1.807, 2.05) is 17.2 Å². The molecule has 1 N–H and O–H groups in total. The smallest absolute Gasteiger partial charge is 0.272 e. The summed E-state index contributed by atoms with van der Waals surface area (Å²) in [7, 11) is 1.58. The van der Waals surface area contributed by atoms with Crippen LogP contribution in [-0.4, -0.2) is 82.9 Å². The Kier molecular flexibility index (Phi) is 9.04. The zero-order valence-electron chi connectivity index (χ0n) is 23.2. The van der Waals surface area contributed by atoms with E-state index >= 15 is 0 Å². The first-order chi connectivity index (χ1) is 19.8. The third-order valence-corrected chi connectivity index (χ3v) is 8.59. The number of pyridine rings is 1. The fourth-order valence-corrected chi connectivity index (χ4v) is 5.99. The van der Waals surface area contributed by atoms with E-state index in [-0.39, 0.29) is 35.4 Å². The fourth-order valence-electron chi connectivity index (χ4n) is 5.39. The predicted octanol–water partition coefficient (Wildman–Crippen LogP) is 3.93. The topological polar surface area (TPSA) is 105 Å². The maximum Gasteiger partial charge on any atom is 0.272 e. The Bertz CT molecular complexity index is 1370. The summed E-state index contributed by atoms with van der Waals surface area (Å²) in [4.78, 5) is 51.1. The van der Waals surface area contributed by atoms with Gasteiger partial charge in [-0.25, -0.2) is 9.37 Å². The molecule has 216 valence electrons. The van der Waals surface area contributed by atoms with Gasteiger partial charge in [0.1, 0.15) is 17.6 Å². The number of Topliss-reactive ketones (excluding diaryl/α,β-unsaturated/α-hetero) is 1. The van der Waals surface area contributed by atoms with E-state index in [1.54, 1.807) is 53.7 Å². The summed E-state index contributed by atoms with van der Waals surface area (Å²) in [5, 5.41) is 5.77. The predicted molar refractivity (Wildman–Crippen MR) is 153 cm³/mol. The van der Waals surface area contributed by atoms with Crippen molar-refractivity contribution >= 4 is 28.9 Å². The van der Waals surface area contributed by atoms with Crippen molar-refractivity contribution in [1.29, 1.82) is 0 Å². The third-order valence-electron chi connectivity index (χ3n) is 7.77. The lowest BCUT2D eigenvalue weighted by molar-refractivity contribution is 0.0645. The number of methoxy groups -OCH3 is 1. The van der Waals surface area contributed by atoms with Gasteiger partial charge in [-0.2, -0.15) is 0 Å². The van der Waals surface area contributed by atoms with Crippen molar-refractivity contribution in [3.8, 4) is 5.75 Å². The molecule has 2 amide bonds. The molecule has 0 radical (unpaired) electrons. The molecule has 1 unspecified atom stereocenters. The van der Waals surface area contributed by atoms with Crippen molar-refractivity contribution < 1.29 is 23.5 Å². The Morgan fingerprint density at radius 1 is 1.05 bits per heavy atom. The van der Waals surface area contributed by atoms with Crippen molar-refractivity contribution in [2.45, 2.75) is 44.9 Å². The minimum absolute atomic E-state index is 0.0731. The first-order valence-corrected chi connectivity index (χ1v) is 14.7. The van der Waals surface area contributed by atoms with Crippen LogP contribution < -0.4 is 10.1 Å². The van der Waals surface area contributed by atoms with Crippen molar-refractivity contribution in [1.82, 2.24) is 25.1 Å². The number of hydrogen-bond acceptors (Lipinski definition) is 8. The number of aryl methyl sites for hydroxylation is 1. The number of rotatable bonds is 8. The number of alkyl halides is 1. The highest BCUT2D eigenvalue weighted by atomic mass is 32.1. The van der Waals surface area contributed by atoms with Crippen LogP contribution in [0.3, 0.4) is 0 Å². The number of aromatic nitrogens is 2. The summed E-state index contributed by atoms with van der Waals surface area (Å²) in [6.07, 6.45) is 1.81. The van der Waals surface area contributed by atoms with Gasteiger partial charge in [-0.15, -0.1) is 11.3 Å². The van der Waals surface area contributed by atoms with E-state index in [2.05, 4.69) is 15.3 Å². The summed E-state index contributed by atoms with van der Waals surface area (Å²) >= 11 is 1.58. The molecule has 1 aromatic carbocycles. The largest absolute Gasteiger partial charge is 0.497 e. The van der Waals surface area contributed by atoms with Crippen molar-refractivity contribution in [3.05, 3.63) is 75.5 Å². The molecule has 4 heterocycles. The van der Waals surface area contributed by atoms with Crippen LogP contribution in [0.4, 0.5) is 4.39 Å². The zero-order valence-corrected chi connectivity index (χ0v) is 24.0. The van der Waals surface area contributed by atoms with Gasteiger partial charge in [0.2, 0.25) is 0 Å². The molecule has 3 aromatic rings. The van der Waals surface area contributed by atoms with E-state index in [4.69, 9.17) is 4.74 Å².